The molecule has 158 valence electrons. The highest BCUT2D eigenvalue weighted by Gasteiger charge is 2.41. The van der Waals surface area contributed by atoms with Crippen LogP contribution in [0.15, 0.2) is 78.9 Å². The lowest BCUT2D eigenvalue weighted by atomic mass is 9.98. The number of ether oxygens (including phenoxy) is 1. The molecule has 0 amide bonds. The van der Waals surface area contributed by atoms with Crippen LogP contribution >= 0.6 is 35.1 Å². The Hall–Kier alpha value is -1.95. The molecule has 3 nitrogen and oxygen atoms in total. The van der Waals surface area contributed by atoms with Crippen LogP contribution in [-0.4, -0.2) is 37.4 Å². The minimum atomic E-state index is -0.0103. The Kier molecular flexibility index (Phi) is 6.26. The SMILES string of the molecule is Clc1cccc(Cl)c1N1SC(c2ccccc2)=C(c2ccccc2)C1N1CCOCC1. The molecular formula is C25H22Cl2N2OS. The second-order valence-corrected chi connectivity index (χ2v) is 9.28. The standard InChI is InChI=1S/C25H22Cl2N2OS/c26-20-12-7-13-21(27)23(20)29-25(28-14-16-30-17-15-28)22(18-8-3-1-4-9-18)24(31-29)19-10-5-2-6-11-19/h1-13,25H,14-17H2. The Bertz CT molecular complexity index is 1060. The fourth-order valence-corrected chi connectivity index (χ4v) is 6.21. The predicted molar refractivity (Wildman–Crippen MR) is 132 cm³/mol. The zero-order valence-electron chi connectivity index (χ0n) is 16.9. The van der Waals surface area contributed by atoms with E-state index < -0.39 is 0 Å². The maximum absolute atomic E-state index is 6.70. The summed E-state index contributed by atoms with van der Waals surface area (Å²) in [5.74, 6) is 0. The van der Waals surface area contributed by atoms with Crippen LogP contribution in [0.3, 0.4) is 0 Å². The number of anilines is 1. The van der Waals surface area contributed by atoms with E-state index in [1.54, 1.807) is 11.9 Å². The fraction of sp³-hybridized carbons (Fsp3) is 0.200. The third kappa shape index (κ3) is 4.11. The van der Waals surface area contributed by atoms with E-state index in [1.165, 1.54) is 21.6 Å². The third-order valence-corrected chi connectivity index (χ3v) is 7.41. The molecule has 0 spiro atoms. The van der Waals surface area contributed by atoms with E-state index in [0.717, 1.165) is 18.8 Å². The van der Waals surface area contributed by atoms with Crippen molar-refractivity contribution in [3.63, 3.8) is 0 Å². The zero-order chi connectivity index (χ0) is 21.2. The molecule has 0 saturated carbocycles. The van der Waals surface area contributed by atoms with Crippen LogP contribution < -0.4 is 4.31 Å². The summed E-state index contributed by atoms with van der Waals surface area (Å²) in [6.45, 7) is 3.13. The van der Waals surface area contributed by atoms with Crippen LogP contribution in [0, 0.1) is 0 Å². The van der Waals surface area contributed by atoms with Gasteiger partial charge in [-0.05, 0) is 35.2 Å². The second kappa shape index (κ2) is 9.27. The first kappa shape index (κ1) is 20.9. The minimum Gasteiger partial charge on any atom is -0.379 e. The van der Waals surface area contributed by atoms with E-state index >= 15 is 0 Å². The quantitative estimate of drug-likeness (QED) is 0.396. The Morgan fingerprint density at radius 3 is 1.94 bits per heavy atom. The van der Waals surface area contributed by atoms with Gasteiger partial charge >= 0.3 is 0 Å². The normalized spacial score (nSPS) is 19.8. The molecule has 2 heterocycles. The van der Waals surface area contributed by atoms with E-state index in [9.17, 15) is 0 Å². The van der Waals surface area contributed by atoms with E-state index in [2.05, 4.69) is 63.8 Å². The fourth-order valence-electron chi connectivity index (χ4n) is 4.15. The van der Waals surface area contributed by atoms with Gasteiger partial charge in [0.25, 0.3) is 0 Å². The first-order chi connectivity index (χ1) is 15.2. The number of hydrogen-bond acceptors (Lipinski definition) is 4. The van der Waals surface area contributed by atoms with Gasteiger partial charge in [-0.2, -0.15) is 0 Å². The lowest BCUT2D eigenvalue weighted by Crippen LogP contribution is -2.49. The summed E-state index contributed by atoms with van der Waals surface area (Å²) in [7, 11) is 0. The third-order valence-electron chi connectivity index (χ3n) is 5.58. The van der Waals surface area contributed by atoms with Gasteiger partial charge in [0.15, 0.2) is 0 Å². The molecule has 1 atom stereocenters. The summed E-state index contributed by atoms with van der Waals surface area (Å²) in [6.07, 6.45) is -0.0103. The topological polar surface area (TPSA) is 15.7 Å². The van der Waals surface area contributed by atoms with Crippen molar-refractivity contribution in [2.24, 2.45) is 0 Å². The molecule has 31 heavy (non-hydrogen) atoms. The lowest BCUT2D eigenvalue weighted by Gasteiger charge is -2.39. The zero-order valence-corrected chi connectivity index (χ0v) is 19.2. The highest BCUT2D eigenvalue weighted by Crippen LogP contribution is 2.53. The van der Waals surface area contributed by atoms with Gasteiger partial charge in [-0.3, -0.25) is 9.21 Å². The molecule has 0 N–H and O–H groups in total. The van der Waals surface area contributed by atoms with E-state index in [0.29, 0.717) is 23.3 Å². The number of halogens is 2. The Labute approximate surface area is 197 Å². The van der Waals surface area contributed by atoms with Crippen molar-refractivity contribution >= 4 is 51.3 Å². The van der Waals surface area contributed by atoms with Gasteiger partial charge in [0.05, 0.1) is 28.9 Å². The van der Waals surface area contributed by atoms with Crippen LogP contribution in [0.1, 0.15) is 11.1 Å². The number of nitrogens with zero attached hydrogens (tertiary/aromatic N) is 2. The van der Waals surface area contributed by atoms with Crippen molar-refractivity contribution in [3.05, 3.63) is 100 Å². The molecule has 3 aromatic rings. The van der Waals surface area contributed by atoms with Crippen LogP contribution in [0.5, 0.6) is 0 Å². The van der Waals surface area contributed by atoms with Gasteiger partial charge < -0.3 is 4.74 Å². The van der Waals surface area contributed by atoms with Crippen molar-refractivity contribution in [2.45, 2.75) is 6.17 Å². The highest BCUT2D eigenvalue weighted by atomic mass is 35.5. The summed E-state index contributed by atoms with van der Waals surface area (Å²) in [5, 5.41) is 1.31. The predicted octanol–water partition coefficient (Wildman–Crippen LogP) is 6.69. The van der Waals surface area contributed by atoms with Gasteiger partial charge in [0.1, 0.15) is 6.17 Å². The Balaban J connectivity index is 1.71. The number of morpholine rings is 1. The first-order valence-electron chi connectivity index (χ1n) is 10.3. The maximum atomic E-state index is 6.70. The van der Waals surface area contributed by atoms with Crippen molar-refractivity contribution < 1.29 is 4.74 Å². The average Bonchev–Trinajstić information content (AvgIpc) is 3.21. The lowest BCUT2D eigenvalue weighted by molar-refractivity contribution is 0.0299. The number of benzene rings is 3. The molecule has 1 saturated heterocycles. The molecule has 0 aromatic heterocycles. The van der Waals surface area contributed by atoms with Gasteiger partial charge in [-0.1, -0.05) is 89.9 Å². The Morgan fingerprint density at radius 1 is 0.742 bits per heavy atom. The second-order valence-electron chi connectivity index (χ2n) is 7.48. The number of hydrogen-bond donors (Lipinski definition) is 0. The maximum Gasteiger partial charge on any atom is 0.121 e. The number of rotatable bonds is 4. The van der Waals surface area contributed by atoms with Crippen molar-refractivity contribution in [2.75, 3.05) is 30.6 Å². The van der Waals surface area contributed by atoms with E-state index in [4.69, 9.17) is 27.9 Å². The van der Waals surface area contributed by atoms with E-state index in [-0.39, 0.29) is 6.17 Å². The summed E-state index contributed by atoms with van der Waals surface area (Å²) >= 11 is 15.1. The molecule has 1 fully saturated rings. The molecule has 0 aliphatic carbocycles. The van der Waals surface area contributed by atoms with Gasteiger partial charge in [-0.25, -0.2) is 0 Å². The molecule has 0 bridgehead atoms. The smallest absolute Gasteiger partial charge is 0.121 e. The van der Waals surface area contributed by atoms with Crippen LogP contribution in [0.4, 0.5) is 5.69 Å². The van der Waals surface area contributed by atoms with Gasteiger partial charge in [-0.15, -0.1) is 0 Å². The van der Waals surface area contributed by atoms with Crippen molar-refractivity contribution in [1.82, 2.24) is 4.90 Å². The minimum absolute atomic E-state index is 0.0103. The van der Waals surface area contributed by atoms with Crippen molar-refractivity contribution in [3.8, 4) is 0 Å². The molecule has 2 aliphatic rings. The summed E-state index contributed by atoms with van der Waals surface area (Å²) in [5.41, 5.74) is 4.52. The Morgan fingerprint density at radius 2 is 1.32 bits per heavy atom. The van der Waals surface area contributed by atoms with Gasteiger partial charge in [0.2, 0.25) is 0 Å². The summed E-state index contributed by atoms with van der Waals surface area (Å²) < 4.78 is 7.94. The monoisotopic (exact) mass is 468 g/mol. The van der Waals surface area contributed by atoms with Crippen molar-refractivity contribution in [1.29, 1.82) is 0 Å². The largest absolute Gasteiger partial charge is 0.379 e. The molecule has 3 aromatic carbocycles. The first-order valence-corrected chi connectivity index (χ1v) is 11.8. The molecule has 0 radical (unpaired) electrons. The highest BCUT2D eigenvalue weighted by molar-refractivity contribution is 8.10. The molecular weight excluding hydrogens is 447 g/mol. The van der Waals surface area contributed by atoms with Crippen LogP contribution in [0.2, 0.25) is 10.0 Å². The van der Waals surface area contributed by atoms with Crippen LogP contribution in [0.25, 0.3) is 10.5 Å². The summed E-state index contributed by atoms with van der Waals surface area (Å²) in [6, 6.07) is 26.9. The summed E-state index contributed by atoms with van der Waals surface area (Å²) in [4.78, 5) is 3.69. The van der Waals surface area contributed by atoms with Crippen LogP contribution in [-0.2, 0) is 4.74 Å². The molecule has 2 aliphatic heterocycles. The van der Waals surface area contributed by atoms with Gasteiger partial charge in [0, 0.05) is 23.6 Å². The molecule has 6 heteroatoms. The van der Waals surface area contributed by atoms with E-state index in [1.807, 2.05) is 24.3 Å². The molecule has 1 unspecified atom stereocenters. The average molecular weight is 469 g/mol. The number of para-hydroxylation sites is 1. The molecule has 5 rings (SSSR count).